The summed E-state index contributed by atoms with van der Waals surface area (Å²) < 4.78 is 27.2. The van der Waals surface area contributed by atoms with Gasteiger partial charge >= 0.3 is 0 Å². The minimum absolute atomic E-state index is 0.0981. The molecule has 1 unspecified atom stereocenters. The van der Waals surface area contributed by atoms with Gasteiger partial charge in [-0.25, -0.2) is 8.42 Å². The molecular formula is C26H34N4O3S. The molecule has 2 aromatic carbocycles. The second-order valence-electron chi connectivity index (χ2n) is 9.79. The van der Waals surface area contributed by atoms with Crippen LogP contribution in [0.3, 0.4) is 0 Å². The van der Waals surface area contributed by atoms with Gasteiger partial charge in [0.15, 0.2) is 0 Å². The molecule has 1 saturated heterocycles. The van der Waals surface area contributed by atoms with E-state index in [0.717, 1.165) is 31.1 Å². The van der Waals surface area contributed by atoms with E-state index in [4.69, 9.17) is 0 Å². The quantitative estimate of drug-likeness (QED) is 0.634. The summed E-state index contributed by atoms with van der Waals surface area (Å²) in [6.07, 6.45) is 2.58. The zero-order chi connectivity index (χ0) is 24.3. The molecule has 8 heteroatoms. The van der Waals surface area contributed by atoms with Gasteiger partial charge in [-0.3, -0.25) is 19.4 Å². The summed E-state index contributed by atoms with van der Waals surface area (Å²) in [4.78, 5) is 20.2. The Labute approximate surface area is 202 Å². The number of carbonyl (C=O) groups is 1. The standard InChI is InChI=1S/C26H34N4O3S/c1-18(2)24(28-25-22-8-4-5-9-23(22)34(32,33)29-25)26(31)27-15-20-10-12-21(13-11-20)17-30-14-6-7-19(3)16-30/h4-5,8-13,18-19,24H,6-7,14-17H2,1-3H3,(H,27,31)(H,28,29)/t19?,24-/m0/s1. The van der Waals surface area contributed by atoms with Crippen molar-refractivity contribution in [2.24, 2.45) is 16.8 Å². The van der Waals surface area contributed by atoms with Gasteiger partial charge in [0.05, 0.1) is 4.90 Å². The molecular weight excluding hydrogens is 448 g/mol. The molecule has 2 aliphatic rings. The molecule has 0 radical (unpaired) electrons. The predicted molar refractivity (Wildman–Crippen MR) is 134 cm³/mol. The second kappa shape index (κ2) is 10.3. The van der Waals surface area contributed by atoms with Crippen molar-refractivity contribution < 1.29 is 13.2 Å². The van der Waals surface area contributed by atoms with E-state index in [0.29, 0.717) is 12.1 Å². The Balaban J connectivity index is 1.39. The number of fused-ring (bicyclic) bond motifs is 1. The van der Waals surface area contributed by atoms with E-state index in [1.165, 1.54) is 18.4 Å². The van der Waals surface area contributed by atoms with Crippen LogP contribution in [0.2, 0.25) is 0 Å². The number of nitrogens with zero attached hydrogens (tertiary/aromatic N) is 2. The second-order valence-corrected chi connectivity index (χ2v) is 11.4. The van der Waals surface area contributed by atoms with Crippen LogP contribution in [0.5, 0.6) is 0 Å². The average molecular weight is 483 g/mol. The van der Waals surface area contributed by atoms with E-state index >= 15 is 0 Å². The monoisotopic (exact) mass is 482 g/mol. The van der Waals surface area contributed by atoms with Gasteiger partial charge in [-0.1, -0.05) is 57.2 Å². The number of nitrogens with one attached hydrogen (secondary N) is 2. The number of rotatable bonds is 7. The molecule has 1 fully saturated rings. The molecule has 0 bridgehead atoms. The lowest BCUT2D eigenvalue weighted by molar-refractivity contribution is -0.123. The van der Waals surface area contributed by atoms with Crippen molar-refractivity contribution in [1.29, 1.82) is 0 Å². The first-order valence-electron chi connectivity index (χ1n) is 12.0. The number of piperidine rings is 1. The Morgan fingerprint density at radius 2 is 1.85 bits per heavy atom. The number of sulfonamides is 1. The first-order valence-corrected chi connectivity index (χ1v) is 13.5. The maximum atomic E-state index is 13.0. The van der Waals surface area contributed by atoms with Crippen LogP contribution in [0.25, 0.3) is 0 Å². The van der Waals surface area contributed by atoms with Crippen LogP contribution in [0.4, 0.5) is 0 Å². The van der Waals surface area contributed by atoms with Crippen LogP contribution >= 0.6 is 0 Å². The largest absolute Gasteiger partial charge is 0.350 e. The number of amides is 1. The number of hydrogen-bond acceptors (Lipinski definition) is 5. The molecule has 2 heterocycles. The van der Waals surface area contributed by atoms with E-state index in [9.17, 15) is 13.2 Å². The molecule has 182 valence electrons. The number of likely N-dealkylation sites (tertiary alicyclic amines) is 1. The maximum Gasteiger partial charge on any atom is 0.263 e. The fourth-order valence-electron chi connectivity index (χ4n) is 4.62. The van der Waals surface area contributed by atoms with Crippen molar-refractivity contribution in [3.63, 3.8) is 0 Å². The summed E-state index contributed by atoms with van der Waals surface area (Å²) in [6, 6.07) is 14.3. The molecule has 4 rings (SSSR count). The molecule has 0 aromatic heterocycles. The number of amidine groups is 1. The highest BCUT2D eigenvalue weighted by Crippen LogP contribution is 2.23. The fraction of sp³-hybridized carbons (Fsp3) is 0.462. The van der Waals surface area contributed by atoms with Gasteiger partial charge in [0.2, 0.25) is 5.91 Å². The molecule has 0 aliphatic carbocycles. The summed E-state index contributed by atoms with van der Waals surface area (Å²) in [5.41, 5.74) is 2.80. The summed E-state index contributed by atoms with van der Waals surface area (Å²) in [5, 5.41) is 2.97. The SMILES string of the molecule is CC1CCCN(Cc2ccc(CNC(=O)[C@@H](N=C3NS(=O)(=O)c4ccccc43)C(C)C)cc2)C1. The number of benzene rings is 2. The van der Waals surface area contributed by atoms with Crippen molar-refractivity contribution in [3.8, 4) is 0 Å². The molecule has 2 aliphatic heterocycles. The maximum absolute atomic E-state index is 13.0. The third kappa shape index (κ3) is 5.67. The molecule has 1 amide bonds. The lowest BCUT2D eigenvalue weighted by atomic mass is 9.99. The zero-order valence-electron chi connectivity index (χ0n) is 20.1. The molecule has 34 heavy (non-hydrogen) atoms. The third-order valence-corrected chi connectivity index (χ3v) is 7.87. The van der Waals surface area contributed by atoms with Gasteiger partial charge in [0, 0.05) is 25.2 Å². The minimum atomic E-state index is -3.64. The smallest absolute Gasteiger partial charge is 0.263 e. The van der Waals surface area contributed by atoms with Crippen LogP contribution in [0, 0.1) is 11.8 Å². The lowest BCUT2D eigenvalue weighted by Gasteiger charge is -2.30. The molecule has 2 N–H and O–H groups in total. The Bertz CT molecular complexity index is 1160. The van der Waals surface area contributed by atoms with Crippen molar-refractivity contribution in [3.05, 3.63) is 65.2 Å². The van der Waals surface area contributed by atoms with Gasteiger partial charge in [-0.05, 0) is 54.5 Å². The highest BCUT2D eigenvalue weighted by molar-refractivity contribution is 7.90. The lowest BCUT2D eigenvalue weighted by Crippen LogP contribution is -2.38. The first-order chi connectivity index (χ1) is 16.2. The Morgan fingerprint density at radius 3 is 2.56 bits per heavy atom. The van der Waals surface area contributed by atoms with Gasteiger partial charge in [-0.15, -0.1) is 0 Å². The van der Waals surface area contributed by atoms with Crippen molar-refractivity contribution in [2.45, 2.75) is 57.6 Å². The van der Waals surface area contributed by atoms with E-state index in [1.807, 2.05) is 13.8 Å². The molecule has 0 spiro atoms. The summed E-state index contributed by atoms with van der Waals surface area (Å²) in [7, 11) is -3.64. The van der Waals surface area contributed by atoms with Gasteiger partial charge in [0.25, 0.3) is 10.0 Å². The van der Waals surface area contributed by atoms with Crippen molar-refractivity contribution in [1.82, 2.24) is 14.9 Å². The minimum Gasteiger partial charge on any atom is -0.350 e. The van der Waals surface area contributed by atoms with E-state index in [-0.39, 0.29) is 22.6 Å². The molecule has 7 nitrogen and oxygen atoms in total. The van der Waals surface area contributed by atoms with Gasteiger partial charge in [-0.2, -0.15) is 0 Å². The first kappa shape index (κ1) is 24.4. The fourth-order valence-corrected chi connectivity index (χ4v) is 5.86. The number of aliphatic imine (C=N–C) groups is 1. The zero-order valence-corrected chi connectivity index (χ0v) is 20.9. The predicted octanol–water partition coefficient (Wildman–Crippen LogP) is 3.30. The highest BCUT2D eigenvalue weighted by Gasteiger charge is 2.32. The molecule has 0 saturated carbocycles. The van der Waals surface area contributed by atoms with Crippen LogP contribution in [0.15, 0.2) is 58.4 Å². The van der Waals surface area contributed by atoms with Crippen molar-refractivity contribution >= 4 is 21.8 Å². The summed E-state index contributed by atoms with van der Waals surface area (Å²) >= 11 is 0. The van der Waals surface area contributed by atoms with Gasteiger partial charge in [0.1, 0.15) is 11.9 Å². The summed E-state index contributed by atoms with van der Waals surface area (Å²) in [5.74, 6) is 0.658. The van der Waals surface area contributed by atoms with E-state index < -0.39 is 16.1 Å². The van der Waals surface area contributed by atoms with Crippen molar-refractivity contribution in [2.75, 3.05) is 13.1 Å². The van der Waals surface area contributed by atoms with Gasteiger partial charge < -0.3 is 5.32 Å². The van der Waals surface area contributed by atoms with E-state index in [1.54, 1.807) is 24.3 Å². The Kier molecular flexibility index (Phi) is 7.38. The van der Waals surface area contributed by atoms with Crippen LogP contribution in [-0.2, 0) is 27.9 Å². The Morgan fingerprint density at radius 1 is 1.15 bits per heavy atom. The molecule has 2 atom stereocenters. The average Bonchev–Trinajstić information content (AvgIpc) is 3.06. The topological polar surface area (TPSA) is 90.9 Å². The summed E-state index contributed by atoms with van der Waals surface area (Å²) in [6.45, 7) is 9.78. The normalized spacial score (nSPS) is 21.8. The number of carbonyl (C=O) groups excluding carboxylic acids is 1. The number of hydrogen-bond donors (Lipinski definition) is 2. The third-order valence-electron chi connectivity index (χ3n) is 6.47. The molecule has 2 aromatic rings. The van der Waals surface area contributed by atoms with Crippen LogP contribution in [-0.4, -0.2) is 44.2 Å². The van der Waals surface area contributed by atoms with Crippen LogP contribution < -0.4 is 10.0 Å². The van der Waals surface area contributed by atoms with E-state index in [2.05, 4.69) is 51.1 Å². The highest BCUT2D eigenvalue weighted by atomic mass is 32.2. The Hall–Kier alpha value is -2.71. The van der Waals surface area contributed by atoms with Crippen LogP contribution in [0.1, 0.15) is 50.3 Å².